The predicted molar refractivity (Wildman–Crippen MR) is 141 cm³/mol. The Morgan fingerprint density at radius 2 is 1.79 bits per heavy atom. The lowest BCUT2D eigenvalue weighted by Gasteiger charge is -2.54. The van der Waals surface area contributed by atoms with Crippen molar-refractivity contribution in [2.45, 2.75) is 75.0 Å². The molecule has 2 aliphatic rings. The van der Waals surface area contributed by atoms with Crippen LogP contribution in [0, 0.1) is 17.0 Å². The Kier molecular flexibility index (Phi) is 7.96. The molecule has 1 N–H and O–H groups in total. The van der Waals surface area contributed by atoms with Crippen LogP contribution in [0.1, 0.15) is 52.0 Å². The van der Waals surface area contributed by atoms with Gasteiger partial charge in [0.25, 0.3) is 15.9 Å². The highest BCUT2D eigenvalue weighted by atomic mass is 32.2. The number of hydrogen-bond acceptors (Lipinski definition) is 8. The fraction of sp³-hybridized carbons (Fsp3) is 0.519. The number of carbonyl (C=O) groups is 2. The molecule has 1 saturated carbocycles. The first-order valence-electron chi connectivity index (χ1n) is 13.0. The number of nitrogens with one attached hydrogen (secondary N) is 1. The molecule has 236 valence electrons. The summed E-state index contributed by atoms with van der Waals surface area (Å²) in [6.45, 7) is 5.85. The van der Waals surface area contributed by atoms with Gasteiger partial charge in [0.1, 0.15) is 11.7 Å². The number of rotatable bonds is 6. The van der Waals surface area contributed by atoms with Gasteiger partial charge in [-0.15, -0.1) is 0 Å². The Bertz CT molecular complexity index is 1560. The van der Waals surface area contributed by atoms with Gasteiger partial charge in [-0.1, -0.05) is 13.0 Å². The Labute approximate surface area is 244 Å². The Morgan fingerprint density at radius 1 is 1.14 bits per heavy atom. The smallest absolute Gasteiger partial charge is 0.424 e. The maximum atomic E-state index is 14.7. The molecular formula is C27H30F5N3O7S. The second kappa shape index (κ2) is 10.6. The summed E-state index contributed by atoms with van der Waals surface area (Å²) in [6, 6.07) is 3.83. The fourth-order valence-corrected chi connectivity index (χ4v) is 6.60. The molecule has 2 fully saturated rings. The molecular weight excluding hydrogens is 605 g/mol. The molecule has 4 atom stereocenters. The quantitative estimate of drug-likeness (QED) is 0.433. The second-order valence-corrected chi connectivity index (χ2v) is 13.5. The van der Waals surface area contributed by atoms with Crippen LogP contribution >= 0.6 is 0 Å². The van der Waals surface area contributed by atoms with Gasteiger partial charge < -0.3 is 19.5 Å². The lowest BCUT2D eigenvalue weighted by atomic mass is 9.51. The van der Waals surface area contributed by atoms with Crippen molar-refractivity contribution in [3.8, 4) is 5.75 Å². The standard InChI is InChI=1S/C27H30F5N3O7S/c1-24(2,3)42-23(37)35(5)43(38,39)17-13-14(9-12-33-17)34-22(36)21-18(15-7-8-16(28)19(29)20(15)40-6)25(4)10-11-26(25,41-21)27(30,31)32/h7-9,12-13,18,21H,10-11H2,1-6H3,(H,33,34,36)/t18-,21+,25+,26+/m0/s1. The molecule has 2 amide bonds. The summed E-state index contributed by atoms with van der Waals surface area (Å²) in [4.78, 5) is 29.7. The third-order valence-electron chi connectivity index (χ3n) is 7.85. The minimum absolute atomic E-state index is 0.0578. The molecule has 1 aliphatic carbocycles. The van der Waals surface area contributed by atoms with E-state index in [1.54, 1.807) is 0 Å². The van der Waals surface area contributed by atoms with Crippen molar-refractivity contribution in [3.63, 3.8) is 0 Å². The third kappa shape index (κ3) is 5.28. The maximum absolute atomic E-state index is 14.7. The summed E-state index contributed by atoms with van der Waals surface area (Å²) in [6.07, 6.45) is -7.55. The molecule has 0 radical (unpaired) electrons. The summed E-state index contributed by atoms with van der Waals surface area (Å²) in [5, 5.41) is 1.66. The van der Waals surface area contributed by atoms with Crippen LogP contribution in [-0.2, 0) is 24.3 Å². The molecule has 0 bridgehead atoms. The number of carbonyl (C=O) groups excluding carboxylic acids is 2. The van der Waals surface area contributed by atoms with E-state index in [0.29, 0.717) is 4.31 Å². The van der Waals surface area contributed by atoms with E-state index in [-0.39, 0.29) is 17.7 Å². The topological polar surface area (TPSA) is 124 Å². The van der Waals surface area contributed by atoms with Gasteiger partial charge >= 0.3 is 12.3 Å². The van der Waals surface area contributed by atoms with Crippen molar-refractivity contribution < 1.29 is 54.2 Å². The molecule has 0 spiro atoms. The highest BCUT2D eigenvalue weighted by molar-refractivity contribution is 7.89. The van der Waals surface area contributed by atoms with E-state index in [9.17, 15) is 40.0 Å². The van der Waals surface area contributed by atoms with E-state index in [1.165, 1.54) is 33.8 Å². The molecule has 2 heterocycles. The molecule has 16 heteroatoms. The summed E-state index contributed by atoms with van der Waals surface area (Å²) in [5.74, 6) is -5.98. The predicted octanol–water partition coefficient (Wildman–Crippen LogP) is 5.15. The fourth-order valence-electron chi connectivity index (χ4n) is 5.61. The van der Waals surface area contributed by atoms with Crippen LogP contribution in [0.25, 0.3) is 0 Å². The molecule has 4 rings (SSSR count). The summed E-state index contributed by atoms with van der Waals surface area (Å²) in [5.41, 5.74) is -5.96. The van der Waals surface area contributed by atoms with Crippen molar-refractivity contribution >= 4 is 27.7 Å². The average Bonchev–Trinajstić information content (AvgIpc) is 3.07. The molecule has 2 aromatic rings. The largest absolute Gasteiger partial charge is 0.493 e. The summed E-state index contributed by atoms with van der Waals surface area (Å²) in [7, 11) is -2.63. The summed E-state index contributed by atoms with van der Waals surface area (Å²) >= 11 is 0. The molecule has 1 aromatic heterocycles. The normalized spacial score (nSPS) is 25.4. The van der Waals surface area contributed by atoms with Crippen LogP contribution in [-0.4, -0.2) is 67.3 Å². The van der Waals surface area contributed by atoms with Crippen molar-refractivity contribution in [2.75, 3.05) is 19.5 Å². The number of halogens is 5. The number of amides is 2. The number of anilines is 1. The van der Waals surface area contributed by atoms with Crippen molar-refractivity contribution in [2.24, 2.45) is 5.41 Å². The van der Waals surface area contributed by atoms with Crippen LogP contribution in [0.4, 0.5) is 32.4 Å². The number of aromatic nitrogens is 1. The minimum atomic E-state index is -4.93. The van der Waals surface area contributed by atoms with Crippen LogP contribution in [0.3, 0.4) is 0 Å². The Morgan fingerprint density at radius 3 is 2.33 bits per heavy atom. The number of fused-ring (bicyclic) bond motifs is 1. The molecule has 43 heavy (non-hydrogen) atoms. The zero-order valence-corrected chi connectivity index (χ0v) is 24.8. The molecule has 1 aromatic carbocycles. The number of nitrogens with zero attached hydrogens (tertiary/aromatic N) is 2. The van der Waals surface area contributed by atoms with Crippen molar-refractivity contribution in [1.82, 2.24) is 9.29 Å². The van der Waals surface area contributed by atoms with Crippen molar-refractivity contribution in [1.29, 1.82) is 0 Å². The van der Waals surface area contributed by atoms with Gasteiger partial charge in [-0.05, 0) is 45.7 Å². The number of methoxy groups -OCH3 is 1. The van der Waals surface area contributed by atoms with E-state index in [0.717, 1.165) is 38.6 Å². The number of alkyl halides is 3. The van der Waals surface area contributed by atoms with Crippen LogP contribution in [0.5, 0.6) is 5.75 Å². The van der Waals surface area contributed by atoms with Crippen LogP contribution in [0.15, 0.2) is 35.5 Å². The summed E-state index contributed by atoms with van der Waals surface area (Å²) < 4.78 is 114. The SMILES string of the molecule is COc1c([C@H]2[C@H](C(=O)Nc3ccnc(S(=O)(=O)N(C)C(=O)OC(C)(C)C)c3)O[C@]3(C(F)(F)F)CC[C@]23C)ccc(F)c1F. The van der Waals surface area contributed by atoms with E-state index < -0.39 is 85.7 Å². The Balaban J connectivity index is 1.71. The van der Waals surface area contributed by atoms with Gasteiger partial charge in [-0.3, -0.25) is 4.79 Å². The van der Waals surface area contributed by atoms with Crippen molar-refractivity contribution in [3.05, 3.63) is 47.7 Å². The van der Waals surface area contributed by atoms with Crippen LogP contribution in [0.2, 0.25) is 0 Å². The van der Waals surface area contributed by atoms with Gasteiger partial charge in [0.05, 0.1) is 7.11 Å². The average molecular weight is 636 g/mol. The first-order valence-corrected chi connectivity index (χ1v) is 14.4. The first-order chi connectivity index (χ1) is 19.7. The van der Waals surface area contributed by atoms with Gasteiger partial charge in [-0.25, -0.2) is 18.5 Å². The van der Waals surface area contributed by atoms with E-state index in [2.05, 4.69) is 10.3 Å². The molecule has 10 nitrogen and oxygen atoms in total. The van der Waals surface area contributed by atoms with Gasteiger partial charge in [0.15, 0.2) is 22.2 Å². The van der Waals surface area contributed by atoms with E-state index in [4.69, 9.17) is 14.2 Å². The Hall–Kier alpha value is -3.53. The molecule has 1 aliphatic heterocycles. The lowest BCUT2D eigenvalue weighted by Crippen LogP contribution is -2.63. The highest BCUT2D eigenvalue weighted by Crippen LogP contribution is 2.71. The van der Waals surface area contributed by atoms with Gasteiger partial charge in [0.2, 0.25) is 5.82 Å². The third-order valence-corrected chi connectivity index (χ3v) is 9.47. The van der Waals surface area contributed by atoms with Gasteiger partial charge in [-0.2, -0.15) is 26.0 Å². The van der Waals surface area contributed by atoms with E-state index >= 15 is 0 Å². The number of benzene rings is 1. The highest BCUT2D eigenvalue weighted by Gasteiger charge is 2.80. The van der Waals surface area contributed by atoms with Gasteiger partial charge in [0, 0.05) is 41.9 Å². The number of sulfonamides is 1. The van der Waals surface area contributed by atoms with E-state index in [1.807, 2.05) is 0 Å². The number of pyridine rings is 1. The molecule has 1 saturated heterocycles. The zero-order valence-electron chi connectivity index (χ0n) is 24.0. The minimum Gasteiger partial charge on any atom is -0.493 e. The zero-order chi connectivity index (χ0) is 32.3. The first kappa shape index (κ1) is 32.4. The second-order valence-electron chi connectivity index (χ2n) is 11.6. The van der Waals surface area contributed by atoms with Crippen LogP contribution < -0.4 is 10.1 Å². The lowest BCUT2D eigenvalue weighted by molar-refractivity contribution is -0.328. The maximum Gasteiger partial charge on any atom is 0.424 e. The number of hydrogen-bond donors (Lipinski definition) is 1. The molecule has 0 unspecified atom stereocenters. The monoisotopic (exact) mass is 635 g/mol. The number of ether oxygens (including phenoxy) is 3.